The second-order valence-electron chi connectivity index (χ2n) is 32.6. The van der Waals surface area contributed by atoms with E-state index in [1.807, 2.05) is 139 Å². The fourth-order valence-corrected chi connectivity index (χ4v) is 19.0. The summed E-state index contributed by atoms with van der Waals surface area (Å²) in [5, 5.41) is 0. The Labute approximate surface area is 706 Å². The lowest BCUT2D eigenvalue weighted by molar-refractivity contribution is 0.136. The van der Waals surface area contributed by atoms with Crippen LogP contribution in [-0.4, -0.2) is 63.1 Å². The van der Waals surface area contributed by atoms with E-state index in [0.717, 1.165) is 73.6 Å². The van der Waals surface area contributed by atoms with Crippen LogP contribution in [0.4, 0.5) is 28.4 Å². The molecule has 0 radical (unpaired) electrons. The van der Waals surface area contributed by atoms with E-state index in [1.165, 1.54) is 104 Å². The van der Waals surface area contributed by atoms with E-state index in [9.17, 15) is 2.74 Å². The Morgan fingerprint density at radius 2 is 0.735 bits per heavy atom. The third-order valence-corrected chi connectivity index (χ3v) is 25.2. The van der Waals surface area contributed by atoms with Gasteiger partial charge >= 0.3 is 0 Å². The maximum Gasteiger partial charge on any atom is 0.133 e. The molecule has 10 aromatic rings. The zero-order valence-corrected chi connectivity index (χ0v) is 69.5. The molecule has 7 atom stereocenters. The third-order valence-electron chi connectivity index (χ3n) is 25.2. The highest BCUT2D eigenvalue weighted by Crippen LogP contribution is 2.56. The van der Waals surface area contributed by atoms with E-state index < -0.39 is 44.6 Å². The molecule has 0 aromatic heterocycles. The van der Waals surface area contributed by atoms with Crippen LogP contribution < -0.4 is 24.5 Å². The normalized spacial score (nSPS) is 25.1. The second kappa shape index (κ2) is 32.4. The lowest BCUT2D eigenvalue weighted by Crippen LogP contribution is -2.47. The molecule has 590 valence electrons. The summed E-state index contributed by atoms with van der Waals surface area (Å²) in [6.07, 6.45) is 26.1. The summed E-state index contributed by atoms with van der Waals surface area (Å²) < 4.78 is 60.8. The average Bonchev–Trinajstić information content (AvgIpc) is 1.55. The van der Waals surface area contributed by atoms with Crippen LogP contribution >= 0.6 is 0 Å². The Kier molecular flexibility index (Phi) is 19.1. The van der Waals surface area contributed by atoms with E-state index in [0.29, 0.717) is 5.92 Å². The Hall–Kier alpha value is -12.4. The summed E-state index contributed by atoms with van der Waals surface area (Å²) >= 11 is 0. The first-order valence-electron chi connectivity index (χ1n) is 45.3. The van der Waals surface area contributed by atoms with Crippen molar-refractivity contribution in [2.45, 2.75) is 138 Å². The summed E-state index contributed by atoms with van der Waals surface area (Å²) in [4.78, 5) is 21.3. The quantitative estimate of drug-likeness (QED) is 0.125. The first-order chi connectivity index (χ1) is 59.8. The number of rotatable bonds is 11. The smallest absolute Gasteiger partial charge is 0.133 e. The molecule has 10 heteroatoms. The fraction of sp³-hybridized carbons (Fsp3) is 0.252. The minimum Gasteiger partial charge on any atom is -0.348 e. The van der Waals surface area contributed by atoms with Gasteiger partial charge in [-0.25, -0.2) is 0 Å². The molecule has 1 saturated carbocycles. The summed E-state index contributed by atoms with van der Waals surface area (Å²) in [6, 6.07) is 92.9. The van der Waals surface area contributed by atoms with Crippen molar-refractivity contribution in [3.05, 3.63) is 446 Å². The van der Waals surface area contributed by atoms with E-state index in [1.54, 1.807) is 6.08 Å². The monoisotopic (exact) mass is 1540 g/mol. The maximum absolute atomic E-state index is 9.32. The number of anilines is 5. The van der Waals surface area contributed by atoms with Crippen molar-refractivity contribution >= 4 is 28.4 Å². The number of nitrogens with zero attached hydrogens (tertiary/aromatic N) is 10. The highest BCUT2D eigenvalue weighted by molar-refractivity contribution is 5.69. The lowest BCUT2D eigenvalue weighted by Gasteiger charge is -2.44. The largest absolute Gasteiger partial charge is 0.348 e. The lowest BCUT2D eigenvalue weighted by atomic mass is 9.76. The van der Waals surface area contributed by atoms with Crippen molar-refractivity contribution in [3.8, 4) is 0 Å². The summed E-state index contributed by atoms with van der Waals surface area (Å²) in [7, 11) is 0. The van der Waals surface area contributed by atoms with Crippen LogP contribution in [0.3, 0.4) is 0 Å². The predicted molar refractivity (Wildman–Crippen MR) is 487 cm³/mol. The van der Waals surface area contributed by atoms with Gasteiger partial charge in [0.1, 0.15) is 11.7 Å². The van der Waals surface area contributed by atoms with Crippen molar-refractivity contribution in [1.29, 1.82) is 0 Å². The van der Waals surface area contributed by atoms with Gasteiger partial charge < -0.3 is 49.0 Å². The van der Waals surface area contributed by atoms with Gasteiger partial charge in [0.05, 0.1) is 81.8 Å². The van der Waals surface area contributed by atoms with Gasteiger partial charge in [0.25, 0.3) is 0 Å². The standard InChI is InChI=1S/C26H24N2.C25H28N2.C22H24N2.C20H20N2.C14H16N2/c1-20-11-9-10-16-24(20)27-19-28-25(21(27)2)17-18-26(28,22-12-5-3-6-13-22)23-14-7-4-8-15-23;1-19-10-6-9-15-23(19)26-18-27-24(20(26)2)16-17-25(27,22-13-7-8-14-22)21-11-4-3-5-12-21;1-16-10-8-9-13-19(16)23-17(2)20-14-15-22(3,4)24(20)21(23)18-11-6-5-7-12-18;1-15-8-6-7-11-18(15)21-14-22-19(16(21)2)12-13-20(22)17-9-4-3-5-10-17;1-11-6-3-4-7-13(11)16-10-15-9-5-8-14(15)12(16)2/h3-18H,19H2,1-2H3;3-6,9-12,15-17,22H,7-8,13-14,18H2,1-2H3;5-15,21H,1-4H3;3-13,20H,14H2,1-2H3;3-8H,9-10H2,1-2H3/i19D;18D;;14D,20D;9D2,10D. The minimum atomic E-state index is -1.58. The molecule has 1 aliphatic carbocycles. The number of allylic oxidation sites excluding steroid dienone is 10. The SMILES string of the molecule is CC1=C2C=CC(C)(C)N2C(c2ccccc2)N1c1ccccc1C.[2H]C1N(c2ccccc2C)C(C)=C2C=CC([2H])([2H])N21.[2H]C1N(c2ccccc2C)C(C)=C2C=CC([2H])(c3ccccc3)N21.[2H]C1N(c2ccccc2C)C(C)=C2C=CC(c3ccccc3)(C3CCCC3)N21.[2H]C1N(c2ccccc2C)C(C)=C2C=CC(c3ccccc3)(c3ccccc3)N21. The first kappa shape index (κ1) is 69.0. The number of hydrogen-bond acceptors (Lipinski definition) is 10. The Morgan fingerprint density at radius 3 is 1.23 bits per heavy atom. The van der Waals surface area contributed by atoms with Crippen LogP contribution in [0.2, 0.25) is 0 Å². The molecular weight excluding hydrogens is 1430 g/mol. The van der Waals surface area contributed by atoms with E-state index in [-0.39, 0.29) is 17.2 Å². The molecule has 0 N–H and O–H groups in total. The summed E-state index contributed by atoms with van der Waals surface area (Å²) in [5.41, 5.74) is 27.6. The Morgan fingerprint density at radius 1 is 0.342 bits per heavy atom. The molecular formula is C107H112N10. The van der Waals surface area contributed by atoms with Gasteiger partial charge in [-0.1, -0.05) is 280 Å². The fourth-order valence-electron chi connectivity index (χ4n) is 19.0. The van der Waals surface area contributed by atoms with Gasteiger partial charge in [0.2, 0.25) is 0 Å². The van der Waals surface area contributed by atoms with Crippen molar-refractivity contribution in [3.63, 3.8) is 0 Å². The molecule has 10 nitrogen and oxygen atoms in total. The van der Waals surface area contributed by atoms with Crippen LogP contribution in [-0.2, 0) is 11.1 Å². The number of hydrogen-bond donors (Lipinski definition) is 0. The Balaban J connectivity index is 0.000000110. The van der Waals surface area contributed by atoms with Crippen LogP contribution in [0.25, 0.3) is 0 Å². The van der Waals surface area contributed by atoms with Gasteiger partial charge in [-0.05, 0) is 224 Å². The molecule has 11 aliphatic rings. The zero-order chi connectivity index (χ0) is 86.9. The average molecular weight is 1550 g/mol. The molecule has 10 heterocycles. The number of aryl methyl sites for hydroxylation is 5. The first-order valence-corrected chi connectivity index (χ1v) is 41.4. The molecule has 0 amide bonds. The molecule has 0 bridgehead atoms. The van der Waals surface area contributed by atoms with Crippen molar-refractivity contribution in [2.75, 3.05) is 57.6 Å². The molecule has 0 spiro atoms. The van der Waals surface area contributed by atoms with Gasteiger partial charge in [-0.3, -0.25) is 0 Å². The topological polar surface area (TPSA) is 32.4 Å². The number of fused-ring (bicyclic) bond motifs is 5. The van der Waals surface area contributed by atoms with E-state index in [4.69, 9.17) is 6.85 Å². The molecule has 0 saturated heterocycles. The van der Waals surface area contributed by atoms with Crippen molar-refractivity contribution in [1.82, 2.24) is 24.5 Å². The van der Waals surface area contributed by atoms with Crippen LogP contribution in [0, 0.1) is 40.5 Å². The third kappa shape index (κ3) is 14.0. The van der Waals surface area contributed by atoms with Crippen LogP contribution in [0.5, 0.6) is 0 Å². The predicted octanol–water partition coefficient (Wildman–Crippen LogP) is 24.7. The zero-order valence-electron chi connectivity index (χ0n) is 76.5. The Bertz CT molecular complexity index is 5950. The van der Waals surface area contributed by atoms with Gasteiger partial charge in [-0.15, -0.1) is 0 Å². The van der Waals surface area contributed by atoms with Crippen LogP contribution in [0.1, 0.15) is 152 Å². The highest BCUT2D eigenvalue weighted by Gasteiger charge is 2.52. The highest BCUT2D eigenvalue weighted by atomic mass is 15.5. The second-order valence-corrected chi connectivity index (χ2v) is 32.6. The minimum absolute atomic E-state index is 0.00847. The van der Waals surface area contributed by atoms with E-state index >= 15 is 0 Å². The summed E-state index contributed by atoms with van der Waals surface area (Å²) in [5.74, 6) is 0.557. The van der Waals surface area contributed by atoms with Crippen molar-refractivity contribution in [2.24, 2.45) is 5.92 Å². The van der Waals surface area contributed by atoms with Gasteiger partial charge in [0.15, 0.2) is 0 Å². The van der Waals surface area contributed by atoms with Crippen LogP contribution in [0.15, 0.2) is 391 Å². The number of benzene rings is 10. The number of para-hydroxylation sites is 5. The van der Waals surface area contributed by atoms with Crippen molar-refractivity contribution < 1.29 is 9.60 Å². The van der Waals surface area contributed by atoms with Gasteiger partial charge in [0, 0.05) is 63.4 Å². The maximum atomic E-state index is 9.32. The molecule has 10 aromatic carbocycles. The summed E-state index contributed by atoms with van der Waals surface area (Å²) in [6.45, 7) is 21.6. The molecule has 7 unspecified atom stereocenters. The molecule has 1 fully saturated rings. The van der Waals surface area contributed by atoms with E-state index in [2.05, 4.69) is 310 Å². The molecule has 10 aliphatic heterocycles. The van der Waals surface area contributed by atoms with Gasteiger partial charge in [-0.2, -0.15) is 0 Å². The molecule has 117 heavy (non-hydrogen) atoms. The molecule has 21 rings (SSSR count).